The first kappa shape index (κ1) is 18.1. The number of hydrogen-bond donors (Lipinski definition) is 2. The van der Waals surface area contributed by atoms with Crippen molar-refractivity contribution in [2.75, 3.05) is 13.1 Å². The fourth-order valence-corrected chi connectivity index (χ4v) is 2.75. The molecular formula is C15H17Cl3N4O. The summed E-state index contributed by atoms with van der Waals surface area (Å²) in [5, 5.41) is 11.5. The van der Waals surface area contributed by atoms with E-state index >= 15 is 0 Å². The van der Waals surface area contributed by atoms with Gasteiger partial charge in [0.05, 0.1) is 15.7 Å². The molecule has 1 atom stereocenters. The van der Waals surface area contributed by atoms with Crippen LogP contribution in [0.3, 0.4) is 0 Å². The van der Waals surface area contributed by atoms with Crippen LogP contribution >= 0.6 is 35.6 Å². The van der Waals surface area contributed by atoms with Crippen LogP contribution in [0.2, 0.25) is 10.0 Å². The van der Waals surface area contributed by atoms with Gasteiger partial charge in [-0.2, -0.15) is 5.10 Å². The second-order valence-corrected chi connectivity index (χ2v) is 6.06. The largest absolute Gasteiger partial charge is 0.349 e. The van der Waals surface area contributed by atoms with E-state index in [0.717, 1.165) is 25.1 Å². The highest BCUT2D eigenvalue weighted by Gasteiger charge is 2.16. The second-order valence-electron chi connectivity index (χ2n) is 5.25. The molecule has 0 bridgehead atoms. The first-order chi connectivity index (χ1) is 10.6. The number of nitrogens with one attached hydrogen (secondary N) is 2. The fourth-order valence-electron chi connectivity index (χ4n) is 2.45. The molecule has 1 amide bonds. The highest BCUT2D eigenvalue weighted by molar-refractivity contribution is 6.42. The van der Waals surface area contributed by atoms with E-state index in [1.165, 1.54) is 0 Å². The third-order valence-corrected chi connectivity index (χ3v) is 4.40. The monoisotopic (exact) mass is 374 g/mol. The number of carbonyl (C=O) groups is 1. The van der Waals surface area contributed by atoms with E-state index in [2.05, 4.69) is 15.7 Å². The molecule has 0 saturated carbocycles. The summed E-state index contributed by atoms with van der Waals surface area (Å²) in [7, 11) is 0. The maximum absolute atomic E-state index is 12.1. The third-order valence-electron chi connectivity index (χ3n) is 3.66. The molecule has 1 aromatic carbocycles. The van der Waals surface area contributed by atoms with Crippen molar-refractivity contribution in [3.05, 3.63) is 46.2 Å². The van der Waals surface area contributed by atoms with Crippen molar-refractivity contribution in [3.63, 3.8) is 0 Å². The number of amides is 1. The van der Waals surface area contributed by atoms with Crippen molar-refractivity contribution in [2.24, 2.45) is 0 Å². The number of rotatable bonds is 4. The first-order valence-electron chi connectivity index (χ1n) is 7.16. The molecular weight excluding hydrogens is 359 g/mol. The molecule has 1 aromatic heterocycles. The van der Waals surface area contributed by atoms with Gasteiger partial charge in [-0.3, -0.25) is 4.79 Å². The van der Waals surface area contributed by atoms with E-state index in [1.54, 1.807) is 35.1 Å². The Morgan fingerprint density at radius 1 is 1.35 bits per heavy atom. The molecule has 1 saturated heterocycles. The zero-order valence-electron chi connectivity index (χ0n) is 12.3. The minimum absolute atomic E-state index is 0. The van der Waals surface area contributed by atoms with E-state index in [1.807, 2.05) is 0 Å². The Kier molecular flexibility index (Phi) is 6.30. The minimum Gasteiger partial charge on any atom is -0.349 e. The van der Waals surface area contributed by atoms with Gasteiger partial charge in [-0.1, -0.05) is 23.2 Å². The molecule has 23 heavy (non-hydrogen) atoms. The van der Waals surface area contributed by atoms with E-state index in [-0.39, 0.29) is 18.3 Å². The highest BCUT2D eigenvalue weighted by atomic mass is 35.5. The van der Waals surface area contributed by atoms with Gasteiger partial charge in [0.1, 0.15) is 0 Å². The SMILES string of the molecule is Cl.O=C(NCC1CCCN1)c1ccn(-c2ccc(Cl)c(Cl)c2)n1. The quantitative estimate of drug-likeness (QED) is 0.863. The molecule has 0 spiro atoms. The molecule has 2 N–H and O–H groups in total. The van der Waals surface area contributed by atoms with Crippen LogP contribution in [0.25, 0.3) is 5.69 Å². The zero-order valence-corrected chi connectivity index (χ0v) is 14.6. The molecule has 1 fully saturated rings. The Hall–Kier alpha value is -1.27. The Labute approximate surface area is 150 Å². The Balaban J connectivity index is 0.00000192. The number of hydrogen-bond acceptors (Lipinski definition) is 3. The Morgan fingerprint density at radius 3 is 2.87 bits per heavy atom. The first-order valence-corrected chi connectivity index (χ1v) is 7.92. The molecule has 2 heterocycles. The van der Waals surface area contributed by atoms with E-state index in [9.17, 15) is 4.79 Å². The van der Waals surface area contributed by atoms with Crippen molar-refractivity contribution in [1.82, 2.24) is 20.4 Å². The lowest BCUT2D eigenvalue weighted by Crippen LogP contribution is -2.37. The van der Waals surface area contributed by atoms with Crippen LogP contribution in [-0.2, 0) is 0 Å². The molecule has 2 aromatic rings. The maximum atomic E-state index is 12.1. The molecule has 1 aliphatic heterocycles. The van der Waals surface area contributed by atoms with Crippen LogP contribution in [0.4, 0.5) is 0 Å². The van der Waals surface area contributed by atoms with Gasteiger partial charge in [-0.15, -0.1) is 12.4 Å². The molecule has 1 aliphatic rings. The third kappa shape index (κ3) is 4.38. The lowest BCUT2D eigenvalue weighted by molar-refractivity contribution is 0.0945. The summed E-state index contributed by atoms with van der Waals surface area (Å²) in [5.74, 6) is -0.174. The number of nitrogens with zero attached hydrogens (tertiary/aromatic N) is 2. The number of aromatic nitrogens is 2. The van der Waals surface area contributed by atoms with E-state index in [4.69, 9.17) is 23.2 Å². The van der Waals surface area contributed by atoms with Crippen molar-refractivity contribution < 1.29 is 4.79 Å². The highest BCUT2D eigenvalue weighted by Crippen LogP contribution is 2.24. The van der Waals surface area contributed by atoms with Gasteiger partial charge in [0.15, 0.2) is 5.69 Å². The smallest absolute Gasteiger partial charge is 0.271 e. The van der Waals surface area contributed by atoms with Crippen LogP contribution in [0.5, 0.6) is 0 Å². The number of carbonyl (C=O) groups excluding carboxylic acids is 1. The molecule has 8 heteroatoms. The maximum Gasteiger partial charge on any atom is 0.271 e. The van der Waals surface area contributed by atoms with Crippen molar-refractivity contribution in [3.8, 4) is 5.69 Å². The summed E-state index contributed by atoms with van der Waals surface area (Å²) in [6.45, 7) is 1.64. The Morgan fingerprint density at radius 2 is 2.17 bits per heavy atom. The van der Waals surface area contributed by atoms with Gasteiger partial charge in [-0.05, 0) is 43.7 Å². The van der Waals surface area contributed by atoms with E-state index < -0.39 is 0 Å². The summed E-state index contributed by atoms with van der Waals surface area (Å²) in [5.41, 5.74) is 1.13. The second kappa shape index (κ2) is 8.02. The molecule has 0 aliphatic carbocycles. The van der Waals surface area contributed by atoms with Gasteiger partial charge in [0.25, 0.3) is 5.91 Å². The normalized spacial score (nSPS) is 16.9. The lowest BCUT2D eigenvalue weighted by Gasteiger charge is -2.10. The van der Waals surface area contributed by atoms with Gasteiger partial charge < -0.3 is 10.6 Å². The summed E-state index contributed by atoms with van der Waals surface area (Å²) >= 11 is 11.9. The predicted octanol–water partition coefficient (Wildman–Crippen LogP) is 3.08. The van der Waals surface area contributed by atoms with Crippen LogP contribution in [0.15, 0.2) is 30.5 Å². The van der Waals surface area contributed by atoms with Crippen molar-refractivity contribution in [1.29, 1.82) is 0 Å². The average molecular weight is 376 g/mol. The molecule has 0 radical (unpaired) electrons. The van der Waals surface area contributed by atoms with Gasteiger partial charge in [0.2, 0.25) is 0 Å². The topological polar surface area (TPSA) is 59.0 Å². The lowest BCUT2D eigenvalue weighted by atomic mass is 10.2. The fraction of sp³-hybridized carbons (Fsp3) is 0.333. The summed E-state index contributed by atoms with van der Waals surface area (Å²) in [6, 6.07) is 7.25. The van der Waals surface area contributed by atoms with Crippen LogP contribution < -0.4 is 10.6 Å². The van der Waals surface area contributed by atoms with Gasteiger partial charge in [-0.25, -0.2) is 4.68 Å². The number of halogens is 3. The molecule has 3 rings (SSSR count). The Bertz CT molecular complexity index is 683. The van der Waals surface area contributed by atoms with Crippen LogP contribution in [-0.4, -0.2) is 34.8 Å². The number of benzene rings is 1. The zero-order chi connectivity index (χ0) is 15.5. The van der Waals surface area contributed by atoms with E-state index in [0.29, 0.717) is 28.3 Å². The van der Waals surface area contributed by atoms with Crippen LogP contribution in [0.1, 0.15) is 23.3 Å². The van der Waals surface area contributed by atoms with Crippen molar-refractivity contribution in [2.45, 2.75) is 18.9 Å². The minimum atomic E-state index is -0.174. The average Bonchev–Trinajstić information content (AvgIpc) is 3.18. The standard InChI is InChI=1S/C15H16Cl2N4O.ClH/c16-12-4-3-11(8-13(12)17)21-7-5-14(20-21)15(22)19-9-10-2-1-6-18-10;/h3-5,7-8,10,18H,1-2,6,9H2,(H,19,22);1H. The summed E-state index contributed by atoms with van der Waals surface area (Å²) in [4.78, 5) is 12.1. The van der Waals surface area contributed by atoms with Gasteiger partial charge in [0, 0.05) is 18.8 Å². The molecule has 124 valence electrons. The predicted molar refractivity (Wildman–Crippen MR) is 94.2 cm³/mol. The molecule has 5 nitrogen and oxygen atoms in total. The van der Waals surface area contributed by atoms with Gasteiger partial charge >= 0.3 is 0 Å². The summed E-state index contributed by atoms with van der Waals surface area (Å²) < 4.78 is 1.60. The van der Waals surface area contributed by atoms with Crippen LogP contribution in [0, 0.1) is 0 Å². The van der Waals surface area contributed by atoms with Crippen molar-refractivity contribution >= 4 is 41.5 Å². The molecule has 1 unspecified atom stereocenters. The summed E-state index contributed by atoms with van der Waals surface area (Å²) in [6.07, 6.45) is 3.98.